The van der Waals surface area contributed by atoms with Gasteiger partial charge in [0.2, 0.25) is 11.8 Å². The van der Waals surface area contributed by atoms with Gasteiger partial charge in [0.1, 0.15) is 17.7 Å². The highest BCUT2D eigenvalue weighted by atomic mass is 32.2. The zero-order chi connectivity index (χ0) is 22.0. The van der Waals surface area contributed by atoms with Crippen LogP contribution in [0.15, 0.2) is 58.5 Å². The third-order valence-electron chi connectivity index (χ3n) is 4.67. The molecule has 2 aromatic carbocycles. The average molecular weight is 439 g/mol. The van der Waals surface area contributed by atoms with Crippen LogP contribution in [-0.2, 0) is 20.9 Å². The predicted octanol–water partition coefficient (Wildman–Crippen LogP) is 1.71. The number of carbonyl (C=O) groups excluding carboxylic acids is 3. The van der Waals surface area contributed by atoms with Gasteiger partial charge in [-0.2, -0.15) is 0 Å². The summed E-state index contributed by atoms with van der Waals surface area (Å²) in [5.41, 5.74) is 7.27. The van der Waals surface area contributed by atoms with E-state index in [0.717, 1.165) is 17.3 Å². The standard InChI is InChI=1S/C21H18FN5O3S/c22-13-7-5-12(6-8-13)10-24-18(29)9-16-20(30)27-19(25-16)14-3-1-2-4-15(14)26-21(27)31-11-17(23)28/h1-8,16H,9-11H2,(H2,23,28)(H,24,29). The minimum atomic E-state index is -0.909. The molecular formula is C21H18FN5O3S. The Bertz CT molecular complexity index is 1120. The van der Waals surface area contributed by atoms with E-state index in [4.69, 9.17) is 5.73 Å². The zero-order valence-electron chi connectivity index (χ0n) is 16.2. The second-order valence-electron chi connectivity index (χ2n) is 6.92. The predicted molar refractivity (Wildman–Crippen MR) is 115 cm³/mol. The lowest BCUT2D eigenvalue weighted by Gasteiger charge is -2.25. The van der Waals surface area contributed by atoms with Crippen molar-refractivity contribution in [1.29, 1.82) is 0 Å². The van der Waals surface area contributed by atoms with Crippen molar-refractivity contribution >= 4 is 46.2 Å². The van der Waals surface area contributed by atoms with Gasteiger partial charge in [0.15, 0.2) is 5.17 Å². The van der Waals surface area contributed by atoms with Gasteiger partial charge in [-0.1, -0.05) is 36.0 Å². The molecule has 3 N–H and O–H groups in total. The van der Waals surface area contributed by atoms with E-state index in [0.29, 0.717) is 22.3 Å². The summed E-state index contributed by atoms with van der Waals surface area (Å²) in [6.45, 7) is 0.213. The van der Waals surface area contributed by atoms with E-state index < -0.39 is 17.9 Å². The van der Waals surface area contributed by atoms with Crippen LogP contribution in [0.5, 0.6) is 0 Å². The van der Waals surface area contributed by atoms with Crippen molar-refractivity contribution in [3.63, 3.8) is 0 Å². The fourth-order valence-corrected chi connectivity index (χ4v) is 3.96. The number of thioether (sulfide) groups is 1. The molecule has 1 atom stereocenters. The summed E-state index contributed by atoms with van der Waals surface area (Å²) in [6.07, 6.45) is -0.143. The maximum atomic E-state index is 13.0. The molecule has 10 heteroatoms. The van der Waals surface area contributed by atoms with E-state index in [1.165, 1.54) is 17.0 Å². The fraction of sp³-hybridized carbons (Fsp3) is 0.190. The van der Waals surface area contributed by atoms with Gasteiger partial charge in [0, 0.05) is 12.1 Å². The number of primary amides is 1. The first-order chi connectivity index (χ1) is 14.9. The van der Waals surface area contributed by atoms with Gasteiger partial charge in [-0.25, -0.2) is 14.3 Å². The number of para-hydroxylation sites is 1. The van der Waals surface area contributed by atoms with Crippen LogP contribution >= 0.6 is 11.8 Å². The Morgan fingerprint density at radius 2 is 1.90 bits per heavy atom. The number of amidine groups is 2. The lowest BCUT2D eigenvalue weighted by Crippen LogP contribution is -2.42. The molecule has 0 saturated carbocycles. The van der Waals surface area contributed by atoms with Crippen molar-refractivity contribution in [2.75, 3.05) is 5.75 Å². The molecule has 0 spiro atoms. The maximum Gasteiger partial charge on any atom is 0.259 e. The summed E-state index contributed by atoms with van der Waals surface area (Å²) < 4.78 is 13.0. The summed E-state index contributed by atoms with van der Waals surface area (Å²) in [6, 6.07) is 12.1. The van der Waals surface area contributed by atoms with Crippen molar-refractivity contribution in [3.8, 4) is 0 Å². The van der Waals surface area contributed by atoms with Crippen molar-refractivity contribution < 1.29 is 18.8 Å². The van der Waals surface area contributed by atoms with Crippen LogP contribution in [0.4, 0.5) is 10.1 Å². The molecule has 2 aromatic rings. The molecule has 2 heterocycles. The van der Waals surface area contributed by atoms with Gasteiger partial charge < -0.3 is 11.1 Å². The molecule has 158 valence electrons. The van der Waals surface area contributed by atoms with E-state index in [9.17, 15) is 18.8 Å². The van der Waals surface area contributed by atoms with Crippen LogP contribution in [0.3, 0.4) is 0 Å². The second-order valence-corrected chi connectivity index (χ2v) is 7.86. The van der Waals surface area contributed by atoms with Gasteiger partial charge in [0.25, 0.3) is 5.91 Å². The van der Waals surface area contributed by atoms with Gasteiger partial charge in [-0.05, 0) is 29.8 Å². The number of fused-ring (bicyclic) bond motifs is 3. The topological polar surface area (TPSA) is 117 Å². The van der Waals surface area contributed by atoms with Crippen molar-refractivity contribution in [2.24, 2.45) is 15.7 Å². The number of nitrogens with two attached hydrogens (primary N) is 1. The second kappa shape index (κ2) is 8.68. The largest absolute Gasteiger partial charge is 0.369 e. The molecule has 31 heavy (non-hydrogen) atoms. The Balaban J connectivity index is 1.50. The zero-order valence-corrected chi connectivity index (χ0v) is 17.1. The van der Waals surface area contributed by atoms with E-state index in [-0.39, 0.29) is 30.4 Å². The summed E-state index contributed by atoms with van der Waals surface area (Å²) >= 11 is 1.05. The van der Waals surface area contributed by atoms with E-state index >= 15 is 0 Å². The van der Waals surface area contributed by atoms with E-state index in [2.05, 4.69) is 15.3 Å². The van der Waals surface area contributed by atoms with Crippen LogP contribution < -0.4 is 11.1 Å². The smallest absolute Gasteiger partial charge is 0.259 e. The highest BCUT2D eigenvalue weighted by Gasteiger charge is 2.42. The molecule has 2 aliphatic rings. The molecule has 0 fully saturated rings. The van der Waals surface area contributed by atoms with Gasteiger partial charge >= 0.3 is 0 Å². The number of amides is 3. The molecule has 0 radical (unpaired) electrons. The lowest BCUT2D eigenvalue weighted by atomic mass is 10.1. The summed E-state index contributed by atoms with van der Waals surface area (Å²) in [5, 5.41) is 3.02. The van der Waals surface area contributed by atoms with Crippen molar-refractivity contribution in [3.05, 3.63) is 65.5 Å². The summed E-state index contributed by atoms with van der Waals surface area (Å²) in [7, 11) is 0. The fourth-order valence-electron chi connectivity index (χ4n) is 3.22. The molecule has 0 bridgehead atoms. The number of carbonyl (C=O) groups is 3. The lowest BCUT2D eigenvalue weighted by molar-refractivity contribution is -0.128. The highest BCUT2D eigenvalue weighted by Crippen LogP contribution is 2.33. The SMILES string of the molecule is NC(=O)CSC1=Nc2ccccc2C2=NC(CC(=O)NCc3ccc(F)cc3)C(=O)N12. The maximum absolute atomic E-state index is 13.0. The number of benzene rings is 2. The van der Waals surface area contributed by atoms with E-state index in [1.54, 1.807) is 24.3 Å². The number of rotatable bonds is 6. The first kappa shape index (κ1) is 20.7. The Morgan fingerprint density at radius 1 is 1.16 bits per heavy atom. The monoisotopic (exact) mass is 439 g/mol. The molecule has 2 aliphatic heterocycles. The number of hydrogen-bond donors (Lipinski definition) is 2. The number of nitrogens with zero attached hydrogens (tertiary/aromatic N) is 3. The molecule has 3 amide bonds. The summed E-state index contributed by atoms with van der Waals surface area (Å²) in [4.78, 5) is 47.0. The minimum Gasteiger partial charge on any atom is -0.369 e. The molecule has 0 saturated heterocycles. The Morgan fingerprint density at radius 3 is 2.65 bits per heavy atom. The van der Waals surface area contributed by atoms with Gasteiger partial charge in [-0.15, -0.1) is 0 Å². The Labute approximate surface area is 181 Å². The number of halogens is 1. The molecule has 8 nitrogen and oxygen atoms in total. The van der Waals surface area contributed by atoms with Crippen molar-refractivity contribution in [2.45, 2.75) is 19.0 Å². The van der Waals surface area contributed by atoms with Crippen LogP contribution in [0.1, 0.15) is 17.5 Å². The molecule has 0 aromatic heterocycles. The first-order valence-electron chi connectivity index (χ1n) is 9.44. The third kappa shape index (κ3) is 4.48. The molecule has 1 unspecified atom stereocenters. The molecule has 0 aliphatic carbocycles. The number of hydrogen-bond acceptors (Lipinski definition) is 6. The molecule has 4 rings (SSSR count). The number of nitrogens with one attached hydrogen (secondary N) is 1. The van der Waals surface area contributed by atoms with Crippen LogP contribution in [-0.4, -0.2) is 45.4 Å². The van der Waals surface area contributed by atoms with Crippen LogP contribution in [0.25, 0.3) is 0 Å². The Hall–Kier alpha value is -3.53. The van der Waals surface area contributed by atoms with Gasteiger partial charge in [0.05, 0.1) is 17.9 Å². The molecular weight excluding hydrogens is 421 g/mol. The summed E-state index contributed by atoms with van der Waals surface area (Å²) in [5.74, 6) is -1.28. The Kier molecular flexibility index (Phi) is 5.81. The third-order valence-corrected chi connectivity index (χ3v) is 5.63. The minimum absolute atomic E-state index is 0.0408. The highest BCUT2D eigenvalue weighted by molar-refractivity contribution is 8.14. The first-order valence-corrected chi connectivity index (χ1v) is 10.4. The average Bonchev–Trinajstić information content (AvgIpc) is 3.08. The quantitative estimate of drug-likeness (QED) is 0.712. The van der Waals surface area contributed by atoms with Crippen LogP contribution in [0, 0.1) is 5.82 Å². The normalized spacial score (nSPS) is 16.9. The number of aliphatic imine (C=N–C) groups is 2. The van der Waals surface area contributed by atoms with Gasteiger partial charge in [-0.3, -0.25) is 19.4 Å². The van der Waals surface area contributed by atoms with Crippen LogP contribution in [0.2, 0.25) is 0 Å². The van der Waals surface area contributed by atoms with Crippen molar-refractivity contribution in [1.82, 2.24) is 10.2 Å². The van der Waals surface area contributed by atoms with E-state index in [1.807, 2.05) is 12.1 Å².